The number of benzene rings is 4. The van der Waals surface area contributed by atoms with Gasteiger partial charge in [-0.15, -0.1) is 11.3 Å². The highest BCUT2D eigenvalue weighted by Gasteiger charge is 2.34. The van der Waals surface area contributed by atoms with Crippen LogP contribution >= 0.6 is 11.3 Å². The second kappa shape index (κ2) is 9.14. The predicted octanol–water partition coefficient (Wildman–Crippen LogP) is 9.14. The van der Waals surface area contributed by atoms with Gasteiger partial charge in [-0.05, 0) is 60.2 Å². The SMILES string of the molecule is [2H]C(C)(C)c1cc2c(sc3ccccc32)c(C([2H])(C)C)c1-n1cc[n+](C)c1-c1c(C)ccc2c1Cc1nc3ccccc3n1-2. The van der Waals surface area contributed by atoms with Crippen LogP contribution in [0.1, 0.15) is 70.3 Å². The average Bonchev–Trinajstić information content (AvgIpc) is 3.71. The Morgan fingerprint density at radius 3 is 2.55 bits per heavy atom. The zero-order valence-corrected chi connectivity index (χ0v) is 25.7. The maximum atomic E-state index is 9.52. The van der Waals surface area contributed by atoms with Crippen LogP contribution in [0.4, 0.5) is 0 Å². The summed E-state index contributed by atoms with van der Waals surface area (Å²) in [5, 5.41) is 2.32. The molecule has 3 aromatic heterocycles. The molecule has 7 aromatic rings. The topological polar surface area (TPSA) is 26.6 Å². The number of hydrogen-bond acceptors (Lipinski definition) is 2. The lowest BCUT2D eigenvalue weighted by molar-refractivity contribution is -0.659. The van der Waals surface area contributed by atoms with Crippen LogP contribution in [-0.4, -0.2) is 14.1 Å². The summed E-state index contributed by atoms with van der Waals surface area (Å²) in [5.74, 6) is 0.291. The first-order chi connectivity index (χ1) is 20.9. The van der Waals surface area contributed by atoms with Crippen LogP contribution in [0.25, 0.3) is 54.0 Å². The molecular formula is C37H35N4S+. The molecule has 0 unspecified atom stereocenters. The smallest absolute Gasteiger partial charge is 0.294 e. The van der Waals surface area contributed by atoms with E-state index in [1.807, 2.05) is 33.8 Å². The van der Waals surface area contributed by atoms with E-state index in [-0.39, 0.29) is 0 Å². The molecule has 8 rings (SSSR count). The zero-order chi connectivity index (χ0) is 30.7. The molecule has 5 heteroatoms. The lowest BCUT2D eigenvalue weighted by atomic mass is 9.89. The van der Waals surface area contributed by atoms with Crippen LogP contribution in [0, 0.1) is 6.92 Å². The predicted molar refractivity (Wildman–Crippen MR) is 176 cm³/mol. The van der Waals surface area contributed by atoms with E-state index in [1.165, 1.54) is 32.5 Å². The standard InChI is InChI=1S/C37H35N4S/c1-21(2)25-19-26-24-11-7-10-14-31(24)42-36(26)33(22(3)4)35(25)40-18-17-39(6)37(40)34-23(5)15-16-29-27(34)20-32-38-28-12-8-9-13-30(28)41(29)32/h7-19,21-22H,20H2,1-6H3/q+1/i21D,22D. The van der Waals surface area contributed by atoms with Crippen molar-refractivity contribution in [3.63, 3.8) is 0 Å². The van der Waals surface area contributed by atoms with Gasteiger partial charge in [0.1, 0.15) is 23.9 Å². The molecule has 0 spiro atoms. The highest BCUT2D eigenvalue weighted by atomic mass is 32.1. The number of para-hydroxylation sites is 2. The third-order valence-corrected chi connectivity index (χ3v) is 10.1. The van der Waals surface area contributed by atoms with Gasteiger partial charge < -0.3 is 0 Å². The van der Waals surface area contributed by atoms with E-state index in [0.29, 0.717) is 0 Å². The molecular weight excluding hydrogens is 533 g/mol. The van der Waals surface area contributed by atoms with E-state index in [2.05, 4.69) is 101 Å². The van der Waals surface area contributed by atoms with Crippen LogP contribution in [0.15, 0.2) is 79.1 Å². The Hall–Kier alpha value is -4.22. The second-order valence-electron chi connectivity index (χ2n) is 12.0. The molecule has 0 fully saturated rings. The minimum Gasteiger partial charge on any atom is -0.296 e. The Morgan fingerprint density at radius 2 is 1.74 bits per heavy atom. The minimum atomic E-state index is -0.912. The van der Waals surface area contributed by atoms with Crippen LogP contribution in [0.3, 0.4) is 0 Å². The van der Waals surface area contributed by atoms with Crippen LogP contribution < -0.4 is 4.57 Å². The van der Waals surface area contributed by atoms with Gasteiger partial charge in [-0.25, -0.2) is 9.55 Å². The fourth-order valence-electron chi connectivity index (χ4n) is 6.97. The van der Waals surface area contributed by atoms with Crippen molar-refractivity contribution in [1.29, 1.82) is 0 Å². The van der Waals surface area contributed by atoms with Crippen LogP contribution in [0.5, 0.6) is 0 Å². The van der Waals surface area contributed by atoms with Crippen molar-refractivity contribution in [2.75, 3.05) is 0 Å². The number of fused-ring (bicyclic) bond motifs is 8. The van der Waals surface area contributed by atoms with E-state index in [0.717, 1.165) is 56.0 Å². The summed E-state index contributed by atoms with van der Waals surface area (Å²) in [5.41, 5.74) is 9.78. The quantitative estimate of drug-likeness (QED) is 0.194. The molecule has 4 heterocycles. The Balaban J connectivity index is 1.47. The van der Waals surface area contributed by atoms with Crippen molar-refractivity contribution in [3.8, 4) is 22.8 Å². The normalized spacial score (nSPS) is 14.0. The van der Waals surface area contributed by atoms with E-state index in [4.69, 9.17) is 4.98 Å². The second-order valence-corrected chi connectivity index (χ2v) is 13.1. The first-order valence-corrected chi connectivity index (χ1v) is 15.4. The van der Waals surface area contributed by atoms with Crippen molar-refractivity contribution in [1.82, 2.24) is 14.1 Å². The number of thiophene rings is 1. The van der Waals surface area contributed by atoms with E-state index in [9.17, 15) is 2.74 Å². The molecule has 4 aromatic carbocycles. The lowest BCUT2D eigenvalue weighted by Gasteiger charge is -2.20. The molecule has 0 bridgehead atoms. The van der Waals surface area contributed by atoms with Crippen molar-refractivity contribution in [2.24, 2.45) is 7.05 Å². The zero-order valence-electron chi connectivity index (χ0n) is 26.9. The van der Waals surface area contributed by atoms with Gasteiger partial charge in [0.15, 0.2) is 0 Å². The highest BCUT2D eigenvalue weighted by Crippen LogP contribution is 2.46. The highest BCUT2D eigenvalue weighted by molar-refractivity contribution is 7.26. The average molecular weight is 570 g/mol. The Kier molecular flexibility index (Phi) is 5.08. The van der Waals surface area contributed by atoms with Gasteiger partial charge in [0, 0.05) is 40.5 Å². The molecule has 0 saturated heterocycles. The molecule has 4 nitrogen and oxygen atoms in total. The number of aryl methyl sites for hydroxylation is 2. The maximum Gasteiger partial charge on any atom is 0.294 e. The Labute approximate surface area is 253 Å². The lowest BCUT2D eigenvalue weighted by Crippen LogP contribution is -2.30. The van der Waals surface area contributed by atoms with Gasteiger partial charge in [-0.2, -0.15) is 4.57 Å². The molecule has 0 saturated carbocycles. The molecule has 0 aliphatic carbocycles. The molecule has 208 valence electrons. The molecule has 1 aliphatic heterocycles. The number of hydrogen-bond donors (Lipinski definition) is 0. The molecule has 0 atom stereocenters. The summed E-state index contributed by atoms with van der Waals surface area (Å²) in [4.78, 5) is 5.01. The van der Waals surface area contributed by atoms with Gasteiger partial charge in [-0.1, -0.05) is 64.1 Å². The maximum absolute atomic E-state index is 9.52. The van der Waals surface area contributed by atoms with E-state index >= 15 is 0 Å². The van der Waals surface area contributed by atoms with Crippen molar-refractivity contribution >= 4 is 42.5 Å². The molecule has 42 heavy (non-hydrogen) atoms. The Morgan fingerprint density at radius 1 is 0.952 bits per heavy atom. The summed E-state index contributed by atoms with van der Waals surface area (Å²) in [7, 11) is 2.10. The fourth-order valence-corrected chi connectivity index (χ4v) is 8.31. The minimum absolute atomic E-state index is 0.745. The fraction of sp³-hybridized carbons (Fsp3) is 0.243. The number of nitrogens with zero attached hydrogens (tertiary/aromatic N) is 4. The molecule has 0 radical (unpaired) electrons. The van der Waals surface area contributed by atoms with Crippen LogP contribution in [0.2, 0.25) is 0 Å². The molecule has 0 amide bonds. The Bertz CT molecular complexity index is 2310. The van der Waals surface area contributed by atoms with Gasteiger partial charge in [0.2, 0.25) is 0 Å². The summed E-state index contributed by atoms with van der Waals surface area (Å²) in [6.07, 6.45) is 4.97. The van der Waals surface area contributed by atoms with Crippen molar-refractivity contribution in [2.45, 2.75) is 52.8 Å². The third kappa shape index (κ3) is 3.46. The van der Waals surface area contributed by atoms with Crippen molar-refractivity contribution < 1.29 is 7.31 Å². The summed E-state index contributed by atoms with van der Waals surface area (Å²) < 4.78 is 28.0. The summed E-state index contributed by atoms with van der Waals surface area (Å²) >= 11 is 1.76. The number of rotatable bonds is 4. The summed E-state index contributed by atoms with van der Waals surface area (Å²) in [6.45, 7) is 10.1. The first kappa shape index (κ1) is 23.4. The summed E-state index contributed by atoms with van der Waals surface area (Å²) in [6, 6.07) is 23.5. The van der Waals surface area contributed by atoms with Gasteiger partial charge in [-0.3, -0.25) is 4.57 Å². The molecule has 1 aliphatic rings. The number of aromatic nitrogens is 4. The largest absolute Gasteiger partial charge is 0.296 e. The number of imidazole rings is 2. The van der Waals surface area contributed by atoms with Crippen LogP contribution in [-0.2, 0) is 13.5 Å². The third-order valence-electron chi connectivity index (χ3n) is 8.85. The van der Waals surface area contributed by atoms with Gasteiger partial charge in [0.05, 0.1) is 29.3 Å². The van der Waals surface area contributed by atoms with Gasteiger partial charge >= 0.3 is 0 Å². The molecule has 0 N–H and O–H groups in total. The monoisotopic (exact) mass is 569 g/mol. The van der Waals surface area contributed by atoms with Crippen molar-refractivity contribution in [3.05, 3.63) is 107 Å². The first-order valence-electron chi connectivity index (χ1n) is 15.6. The van der Waals surface area contributed by atoms with Gasteiger partial charge in [0.25, 0.3) is 5.82 Å². The van der Waals surface area contributed by atoms with E-state index in [1.54, 1.807) is 11.3 Å². The van der Waals surface area contributed by atoms with E-state index < -0.39 is 11.8 Å².